The Bertz CT molecular complexity index is 1110. The Labute approximate surface area is 153 Å². The van der Waals surface area contributed by atoms with Crippen molar-refractivity contribution in [2.24, 2.45) is 0 Å². The van der Waals surface area contributed by atoms with Gasteiger partial charge in [-0.15, -0.1) is 0 Å². The molecule has 3 rings (SSSR count). The van der Waals surface area contributed by atoms with Crippen LogP contribution in [0.3, 0.4) is 0 Å². The molecule has 7 nitrogen and oxygen atoms in total. The number of aromatic amines is 1. The number of nitrogens with zero attached hydrogens (tertiary/aromatic N) is 1. The Morgan fingerprint density at radius 1 is 1.07 bits per heavy atom. The number of aromatic nitrogens is 2. The van der Waals surface area contributed by atoms with Crippen molar-refractivity contribution in [3.8, 4) is 17.3 Å². The lowest BCUT2D eigenvalue weighted by molar-refractivity contribution is 0.104. The van der Waals surface area contributed by atoms with Gasteiger partial charge in [-0.1, -0.05) is 36.4 Å². The molecule has 0 radical (unpaired) electrons. The molecule has 0 saturated heterocycles. The largest absolute Gasteiger partial charge is 0.497 e. The van der Waals surface area contributed by atoms with Gasteiger partial charge in [0.05, 0.1) is 12.8 Å². The number of H-pyrrole nitrogens is 1. The van der Waals surface area contributed by atoms with E-state index >= 15 is 0 Å². The Morgan fingerprint density at radius 3 is 2.37 bits per heavy atom. The molecule has 0 spiro atoms. The highest BCUT2D eigenvalue weighted by Gasteiger charge is 2.20. The third-order valence-electron chi connectivity index (χ3n) is 3.89. The Morgan fingerprint density at radius 2 is 1.74 bits per heavy atom. The number of methoxy groups -OCH3 is 1. The van der Waals surface area contributed by atoms with Crippen LogP contribution in [-0.2, 0) is 0 Å². The van der Waals surface area contributed by atoms with Gasteiger partial charge in [-0.2, -0.15) is 0 Å². The molecule has 0 aliphatic carbocycles. The summed E-state index contributed by atoms with van der Waals surface area (Å²) in [5.41, 5.74) is -1.27. The summed E-state index contributed by atoms with van der Waals surface area (Å²) in [5.74, 6) is -0.768. The van der Waals surface area contributed by atoms with Crippen LogP contribution in [0.2, 0.25) is 0 Å². The molecule has 0 unspecified atom stereocenters. The van der Waals surface area contributed by atoms with Gasteiger partial charge in [-0.05, 0) is 35.9 Å². The van der Waals surface area contributed by atoms with Gasteiger partial charge in [0.15, 0.2) is 5.78 Å². The zero-order valence-electron chi connectivity index (χ0n) is 14.4. The minimum absolute atomic E-state index is 0.324. The topological polar surface area (TPSA) is 101 Å². The summed E-state index contributed by atoms with van der Waals surface area (Å²) in [5, 5.41) is 10.4. The summed E-state index contributed by atoms with van der Waals surface area (Å²) in [4.78, 5) is 38.7. The number of benzene rings is 2. The zero-order valence-corrected chi connectivity index (χ0v) is 14.4. The van der Waals surface area contributed by atoms with E-state index in [0.717, 1.165) is 10.6 Å². The maximum atomic E-state index is 12.5. The monoisotopic (exact) mass is 364 g/mol. The Balaban J connectivity index is 2.00. The minimum Gasteiger partial charge on any atom is -0.497 e. The van der Waals surface area contributed by atoms with Crippen molar-refractivity contribution in [3.63, 3.8) is 0 Å². The molecule has 1 aromatic heterocycles. The zero-order chi connectivity index (χ0) is 19.4. The van der Waals surface area contributed by atoms with Gasteiger partial charge in [-0.25, -0.2) is 9.36 Å². The van der Waals surface area contributed by atoms with E-state index in [-0.39, 0.29) is 0 Å². The number of hydrogen-bond acceptors (Lipinski definition) is 5. The van der Waals surface area contributed by atoms with Crippen molar-refractivity contribution < 1.29 is 14.6 Å². The average Bonchev–Trinajstić information content (AvgIpc) is 2.67. The van der Waals surface area contributed by atoms with E-state index in [4.69, 9.17) is 4.74 Å². The average molecular weight is 364 g/mol. The smallest absolute Gasteiger partial charge is 0.335 e. The second-order valence-corrected chi connectivity index (χ2v) is 5.60. The van der Waals surface area contributed by atoms with Crippen LogP contribution in [0.25, 0.3) is 11.8 Å². The van der Waals surface area contributed by atoms with Gasteiger partial charge >= 0.3 is 5.69 Å². The van der Waals surface area contributed by atoms with Crippen molar-refractivity contribution >= 4 is 11.9 Å². The van der Waals surface area contributed by atoms with Crippen molar-refractivity contribution in [2.75, 3.05) is 7.11 Å². The lowest BCUT2D eigenvalue weighted by Gasteiger charge is -2.09. The maximum absolute atomic E-state index is 12.5. The molecule has 1 heterocycles. The number of carbonyl (C=O) groups excluding carboxylic acids is 1. The number of ether oxygens (including phenoxy) is 1. The second-order valence-electron chi connectivity index (χ2n) is 5.60. The molecule has 0 saturated carbocycles. The van der Waals surface area contributed by atoms with Gasteiger partial charge in [0.25, 0.3) is 5.56 Å². The Hall–Kier alpha value is -3.87. The standard InChI is InChI=1S/C20H16N2O5/c1-27-15-10-7-13(8-11-15)9-12-16(23)17-18(24)21-20(26)22(19(17)25)14-5-3-2-4-6-14/h2-12,25H,1H3,(H,21,24,26). The van der Waals surface area contributed by atoms with Crippen LogP contribution in [-0.4, -0.2) is 27.6 Å². The van der Waals surface area contributed by atoms with Crippen LogP contribution >= 0.6 is 0 Å². The van der Waals surface area contributed by atoms with E-state index < -0.39 is 28.5 Å². The van der Waals surface area contributed by atoms with E-state index in [1.807, 2.05) is 0 Å². The fourth-order valence-electron chi connectivity index (χ4n) is 2.53. The predicted octanol–water partition coefficient (Wildman–Crippen LogP) is 2.14. The van der Waals surface area contributed by atoms with Gasteiger partial charge < -0.3 is 9.84 Å². The fourth-order valence-corrected chi connectivity index (χ4v) is 2.53. The highest BCUT2D eigenvalue weighted by Crippen LogP contribution is 2.18. The van der Waals surface area contributed by atoms with E-state index in [9.17, 15) is 19.5 Å². The molecule has 2 N–H and O–H groups in total. The summed E-state index contributed by atoms with van der Waals surface area (Å²) >= 11 is 0. The molecule has 0 atom stereocenters. The van der Waals surface area contributed by atoms with Crippen LogP contribution in [0.1, 0.15) is 15.9 Å². The van der Waals surface area contributed by atoms with Crippen LogP contribution < -0.4 is 16.0 Å². The molecular weight excluding hydrogens is 348 g/mol. The van der Waals surface area contributed by atoms with E-state index in [1.165, 1.54) is 6.08 Å². The van der Waals surface area contributed by atoms with Crippen molar-refractivity contribution in [3.05, 3.63) is 92.6 Å². The highest BCUT2D eigenvalue weighted by molar-refractivity contribution is 6.08. The molecule has 7 heteroatoms. The SMILES string of the molecule is COc1ccc(C=CC(=O)c2c(O)n(-c3ccccc3)c(=O)[nH]c2=O)cc1. The molecule has 136 valence electrons. The predicted molar refractivity (Wildman–Crippen MR) is 101 cm³/mol. The Kier molecular flexibility index (Phi) is 5.03. The lowest BCUT2D eigenvalue weighted by atomic mass is 10.1. The van der Waals surface area contributed by atoms with E-state index in [1.54, 1.807) is 61.7 Å². The number of ketones is 1. The molecule has 0 fully saturated rings. The first kappa shape index (κ1) is 17.9. The van der Waals surface area contributed by atoms with Crippen LogP contribution in [0, 0.1) is 0 Å². The first-order valence-corrected chi connectivity index (χ1v) is 8.01. The summed E-state index contributed by atoms with van der Waals surface area (Å²) in [6, 6.07) is 15.1. The van der Waals surface area contributed by atoms with Crippen molar-refractivity contribution in [1.82, 2.24) is 9.55 Å². The summed E-state index contributed by atoms with van der Waals surface area (Å²) < 4.78 is 5.93. The van der Waals surface area contributed by atoms with E-state index in [0.29, 0.717) is 17.0 Å². The van der Waals surface area contributed by atoms with Crippen molar-refractivity contribution in [2.45, 2.75) is 0 Å². The van der Waals surface area contributed by atoms with E-state index in [2.05, 4.69) is 4.98 Å². The number of hydrogen-bond donors (Lipinski definition) is 2. The molecule has 2 aromatic carbocycles. The van der Waals surface area contributed by atoms with Crippen LogP contribution in [0.5, 0.6) is 11.6 Å². The van der Waals surface area contributed by atoms with Gasteiger partial charge in [0.1, 0.15) is 11.3 Å². The molecular formula is C20H16N2O5. The first-order valence-electron chi connectivity index (χ1n) is 8.01. The number of aromatic hydroxyl groups is 1. The third kappa shape index (κ3) is 3.72. The highest BCUT2D eigenvalue weighted by atomic mass is 16.5. The first-order chi connectivity index (χ1) is 13.0. The number of rotatable bonds is 5. The molecule has 0 aliphatic heterocycles. The fraction of sp³-hybridized carbons (Fsp3) is 0.0500. The van der Waals surface area contributed by atoms with Gasteiger partial charge in [0, 0.05) is 0 Å². The normalized spacial score (nSPS) is 10.9. The third-order valence-corrected chi connectivity index (χ3v) is 3.89. The second kappa shape index (κ2) is 7.57. The van der Waals surface area contributed by atoms with Crippen molar-refractivity contribution in [1.29, 1.82) is 0 Å². The lowest BCUT2D eigenvalue weighted by Crippen LogP contribution is -2.32. The molecule has 0 aliphatic rings. The van der Waals surface area contributed by atoms with Gasteiger partial charge in [-0.3, -0.25) is 14.6 Å². The summed E-state index contributed by atoms with van der Waals surface area (Å²) in [6.07, 6.45) is 2.66. The van der Waals surface area contributed by atoms with Gasteiger partial charge in [0.2, 0.25) is 5.88 Å². The minimum atomic E-state index is -0.950. The molecule has 27 heavy (non-hydrogen) atoms. The molecule has 0 amide bonds. The molecule has 0 bridgehead atoms. The summed E-state index contributed by atoms with van der Waals surface area (Å²) in [6.45, 7) is 0. The summed E-state index contributed by atoms with van der Waals surface area (Å²) in [7, 11) is 1.55. The number of allylic oxidation sites excluding steroid dienone is 1. The number of nitrogens with one attached hydrogen (secondary N) is 1. The van der Waals surface area contributed by atoms with Crippen LogP contribution in [0.15, 0.2) is 70.3 Å². The number of carbonyl (C=O) groups is 1. The van der Waals surface area contributed by atoms with Crippen LogP contribution in [0.4, 0.5) is 0 Å². The maximum Gasteiger partial charge on any atom is 0.335 e. The number of para-hydroxylation sites is 1. The molecule has 3 aromatic rings. The quantitative estimate of drug-likeness (QED) is 0.533.